The summed E-state index contributed by atoms with van der Waals surface area (Å²) in [5.41, 5.74) is 5.29. The first-order valence-electron chi connectivity index (χ1n) is 8.33. The van der Waals surface area contributed by atoms with Crippen LogP contribution in [0.5, 0.6) is 0 Å². The molecule has 0 spiro atoms. The van der Waals surface area contributed by atoms with Gasteiger partial charge >= 0.3 is 6.03 Å². The summed E-state index contributed by atoms with van der Waals surface area (Å²) >= 11 is 7.18. The molecule has 1 aromatic heterocycles. The first kappa shape index (κ1) is 19.6. The number of thiophene rings is 1. The number of carbonyl (C=O) groups is 2. The predicted octanol–water partition coefficient (Wildman–Crippen LogP) is 5.20. The molecule has 142 valence electrons. The quantitative estimate of drug-likeness (QED) is 0.397. The van der Waals surface area contributed by atoms with Crippen LogP contribution in [0.2, 0.25) is 5.02 Å². The summed E-state index contributed by atoms with van der Waals surface area (Å²) in [7, 11) is 0. The highest BCUT2D eigenvalue weighted by Crippen LogP contribution is 2.15. The maximum absolute atomic E-state index is 12.1. The molecule has 1 heterocycles. The zero-order chi connectivity index (χ0) is 19.9. The van der Waals surface area contributed by atoms with Crippen LogP contribution in [-0.4, -0.2) is 17.6 Å². The molecule has 0 fully saturated rings. The fourth-order valence-electron chi connectivity index (χ4n) is 2.28. The Labute approximate surface area is 171 Å². The Kier molecular flexibility index (Phi) is 6.41. The lowest BCUT2D eigenvalue weighted by atomic mass is 10.1. The van der Waals surface area contributed by atoms with Gasteiger partial charge in [-0.1, -0.05) is 29.8 Å². The van der Waals surface area contributed by atoms with Crippen molar-refractivity contribution >= 4 is 52.0 Å². The third kappa shape index (κ3) is 5.42. The first-order chi connectivity index (χ1) is 13.5. The smallest absolute Gasteiger partial charge is 0.308 e. The second-order valence-corrected chi connectivity index (χ2v) is 7.16. The predicted molar refractivity (Wildman–Crippen MR) is 115 cm³/mol. The van der Waals surface area contributed by atoms with Gasteiger partial charge in [0.15, 0.2) is 0 Å². The number of hydrazone groups is 1. The van der Waals surface area contributed by atoms with Gasteiger partial charge in [0.05, 0.1) is 10.6 Å². The van der Waals surface area contributed by atoms with Gasteiger partial charge in [-0.25, -0.2) is 10.2 Å². The van der Waals surface area contributed by atoms with Gasteiger partial charge < -0.3 is 10.6 Å². The molecule has 8 heteroatoms. The van der Waals surface area contributed by atoms with Crippen LogP contribution in [0.25, 0.3) is 0 Å². The summed E-state index contributed by atoms with van der Waals surface area (Å²) in [6, 6.07) is 17.2. The average Bonchev–Trinajstić information content (AvgIpc) is 3.23. The number of anilines is 2. The first-order valence-corrected chi connectivity index (χ1v) is 9.59. The summed E-state index contributed by atoms with van der Waals surface area (Å²) in [6.45, 7) is 1.80. The van der Waals surface area contributed by atoms with Crippen molar-refractivity contribution in [1.29, 1.82) is 0 Å². The van der Waals surface area contributed by atoms with Crippen molar-refractivity contribution in [2.45, 2.75) is 6.92 Å². The Hall–Kier alpha value is -3.16. The maximum atomic E-state index is 12.1. The van der Waals surface area contributed by atoms with E-state index in [0.717, 1.165) is 5.56 Å². The van der Waals surface area contributed by atoms with Crippen molar-refractivity contribution in [2.75, 3.05) is 10.6 Å². The van der Waals surface area contributed by atoms with Gasteiger partial charge in [0, 0.05) is 16.4 Å². The molecular formula is C20H17ClN4O2S. The van der Waals surface area contributed by atoms with E-state index in [0.29, 0.717) is 27.0 Å². The van der Waals surface area contributed by atoms with Gasteiger partial charge in [0.2, 0.25) is 0 Å². The Morgan fingerprint density at radius 3 is 2.11 bits per heavy atom. The number of carbonyl (C=O) groups excluding carboxylic acids is 2. The Balaban J connectivity index is 1.56. The minimum absolute atomic E-state index is 0.244. The largest absolute Gasteiger partial charge is 0.323 e. The van der Waals surface area contributed by atoms with E-state index in [1.54, 1.807) is 49.4 Å². The molecule has 0 aliphatic heterocycles. The van der Waals surface area contributed by atoms with Gasteiger partial charge in [-0.3, -0.25) is 4.79 Å². The van der Waals surface area contributed by atoms with E-state index < -0.39 is 0 Å². The highest BCUT2D eigenvalue weighted by Gasteiger charge is 2.06. The molecule has 3 N–H and O–H groups in total. The normalized spacial score (nSPS) is 11.0. The Morgan fingerprint density at radius 1 is 0.929 bits per heavy atom. The molecule has 28 heavy (non-hydrogen) atoms. The van der Waals surface area contributed by atoms with E-state index in [1.807, 2.05) is 23.6 Å². The number of halogens is 1. The van der Waals surface area contributed by atoms with Crippen molar-refractivity contribution < 1.29 is 9.59 Å². The Bertz CT molecular complexity index is 984. The van der Waals surface area contributed by atoms with Gasteiger partial charge in [-0.15, -0.1) is 11.3 Å². The molecule has 0 bridgehead atoms. The zero-order valence-corrected chi connectivity index (χ0v) is 16.5. The van der Waals surface area contributed by atoms with Crippen LogP contribution in [0.1, 0.15) is 22.2 Å². The molecule has 6 nitrogen and oxygen atoms in total. The topological polar surface area (TPSA) is 82.6 Å². The number of amides is 3. The SMILES string of the molecule is CC(=NNC(=O)c1cccs1)c1ccc(NC(=O)Nc2ccc(Cl)cc2)cc1. The number of urea groups is 1. The van der Waals surface area contributed by atoms with Crippen LogP contribution in [-0.2, 0) is 0 Å². The molecule has 0 saturated heterocycles. The van der Waals surface area contributed by atoms with Crippen molar-refractivity contribution in [3.63, 3.8) is 0 Å². The lowest BCUT2D eigenvalue weighted by molar-refractivity contribution is 0.0959. The molecule has 0 aliphatic carbocycles. The molecule has 3 aromatic rings. The van der Waals surface area contributed by atoms with Crippen LogP contribution in [0, 0.1) is 0 Å². The molecule has 3 rings (SSSR count). The molecular weight excluding hydrogens is 396 g/mol. The summed E-state index contributed by atoms with van der Waals surface area (Å²) in [5, 5.41) is 12.0. The summed E-state index contributed by atoms with van der Waals surface area (Å²) in [4.78, 5) is 24.6. The van der Waals surface area contributed by atoms with Crippen LogP contribution in [0.15, 0.2) is 71.1 Å². The molecule has 3 amide bonds. The number of nitrogens with one attached hydrogen (secondary N) is 3. The molecule has 0 aliphatic rings. The number of rotatable bonds is 5. The minimum Gasteiger partial charge on any atom is -0.308 e. The third-order valence-corrected chi connectivity index (χ3v) is 4.85. The zero-order valence-electron chi connectivity index (χ0n) is 14.9. The van der Waals surface area contributed by atoms with Crippen molar-refractivity contribution in [2.24, 2.45) is 5.10 Å². The van der Waals surface area contributed by atoms with E-state index in [4.69, 9.17) is 11.6 Å². The second kappa shape index (κ2) is 9.16. The number of hydrogen-bond donors (Lipinski definition) is 3. The number of nitrogens with zero attached hydrogens (tertiary/aromatic N) is 1. The molecule has 2 aromatic carbocycles. The summed E-state index contributed by atoms with van der Waals surface area (Å²) in [6.07, 6.45) is 0. The standard InChI is InChI=1S/C20H17ClN4O2S/c1-13(24-25-19(26)18-3-2-12-28-18)14-4-8-16(9-5-14)22-20(27)23-17-10-6-15(21)7-11-17/h2-12H,1H3,(H,25,26)(H2,22,23,27). The lowest BCUT2D eigenvalue weighted by Crippen LogP contribution is -2.19. The van der Waals surface area contributed by atoms with E-state index >= 15 is 0 Å². The van der Waals surface area contributed by atoms with Gasteiger partial charge in [-0.2, -0.15) is 5.10 Å². The number of benzene rings is 2. The van der Waals surface area contributed by atoms with Gasteiger partial charge in [0.1, 0.15) is 0 Å². The van der Waals surface area contributed by atoms with Crippen LogP contribution >= 0.6 is 22.9 Å². The summed E-state index contributed by atoms with van der Waals surface area (Å²) < 4.78 is 0. The second-order valence-electron chi connectivity index (χ2n) is 5.78. The number of hydrogen-bond acceptors (Lipinski definition) is 4. The average molecular weight is 413 g/mol. The van der Waals surface area contributed by atoms with Crippen LogP contribution in [0.3, 0.4) is 0 Å². The van der Waals surface area contributed by atoms with Gasteiger partial charge in [0.25, 0.3) is 5.91 Å². The summed E-state index contributed by atoms with van der Waals surface area (Å²) in [5.74, 6) is -0.244. The molecule has 0 atom stereocenters. The molecule has 0 saturated carbocycles. The van der Waals surface area contributed by atoms with Crippen LogP contribution < -0.4 is 16.1 Å². The van der Waals surface area contributed by atoms with Crippen molar-refractivity contribution in [1.82, 2.24) is 5.43 Å². The van der Waals surface area contributed by atoms with Crippen LogP contribution in [0.4, 0.5) is 16.2 Å². The molecule has 0 radical (unpaired) electrons. The fraction of sp³-hybridized carbons (Fsp3) is 0.0500. The van der Waals surface area contributed by atoms with E-state index in [2.05, 4.69) is 21.2 Å². The Morgan fingerprint density at radius 2 is 1.54 bits per heavy atom. The highest BCUT2D eigenvalue weighted by atomic mass is 35.5. The lowest BCUT2D eigenvalue weighted by Gasteiger charge is -2.08. The van der Waals surface area contributed by atoms with Crippen molar-refractivity contribution in [3.05, 3.63) is 81.5 Å². The maximum Gasteiger partial charge on any atom is 0.323 e. The monoisotopic (exact) mass is 412 g/mol. The van der Waals surface area contributed by atoms with Crippen molar-refractivity contribution in [3.8, 4) is 0 Å². The van der Waals surface area contributed by atoms with E-state index in [-0.39, 0.29) is 11.9 Å². The van der Waals surface area contributed by atoms with Gasteiger partial charge in [-0.05, 0) is 60.3 Å². The highest BCUT2D eigenvalue weighted by molar-refractivity contribution is 7.12. The third-order valence-electron chi connectivity index (χ3n) is 3.73. The van der Waals surface area contributed by atoms with E-state index in [9.17, 15) is 9.59 Å². The van der Waals surface area contributed by atoms with E-state index in [1.165, 1.54) is 11.3 Å². The fourth-order valence-corrected chi connectivity index (χ4v) is 3.02. The molecule has 0 unspecified atom stereocenters. The minimum atomic E-state index is -0.358.